The maximum atomic E-state index is 13.0. The summed E-state index contributed by atoms with van der Waals surface area (Å²) in [7, 11) is 0. The number of nitrogens with one attached hydrogen (secondary N) is 3. The molecule has 1 aliphatic carbocycles. The smallest absolute Gasteiger partial charge is 0.408 e. The standard InChI is InChI=1S/C23H27N5O4S/c1-2-3-8-16(19(29)20(30)27-18-11-14-24-28-18)26-22(31)32-23(12-6-7-13-23)21-25-15-9-4-5-10-17(15)33-21/h4-5,9-11,14,16H,2-3,6-8,12-13H2,1H3,(H,26,31)(H2,24,27,28,30)/t16-/m0/s1. The maximum Gasteiger partial charge on any atom is 0.408 e. The molecule has 10 heteroatoms. The van der Waals surface area contributed by atoms with Crippen molar-refractivity contribution in [3.05, 3.63) is 41.5 Å². The molecule has 0 bridgehead atoms. The van der Waals surface area contributed by atoms with E-state index >= 15 is 0 Å². The van der Waals surface area contributed by atoms with Gasteiger partial charge >= 0.3 is 6.09 Å². The SMILES string of the molecule is CCCC[C@H](NC(=O)OC1(c2nc3ccccc3s2)CCCC1)C(=O)C(=O)Nc1ccn[nH]1. The van der Waals surface area contributed by atoms with Crippen LogP contribution in [0.1, 0.15) is 56.9 Å². The molecule has 2 aromatic heterocycles. The third kappa shape index (κ3) is 5.22. The van der Waals surface area contributed by atoms with Crippen LogP contribution in [0.15, 0.2) is 36.5 Å². The summed E-state index contributed by atoms with van der Waals surface area (Å²) in [6.07, 6.45) is 5.79. The Kier molecular flexibility index (Phi) is 7.02. The molecule has 1 atom stereocenters. The van der Waals surface area contributed by atoms with Crippen LogP contribution in [0, 0.1) is 0 Å². The number of carbonyl (C=O) groups is 3. The third-order valence-corrected chi connectivity index (χ3v) is 7.03. The van der Waals surface area contributed by atoms with Gasteiger partial charge in [-0.25, -0.2) is 9.78 Å². The molecule has 0 spiro atoms. The molecule has 9 nitrogen and oxygen atoms in total. The number of ketones is 1. The van der Waals surface area contributed by atoms with Crippen molar-refractivity contribution in [3.63, 3.8) is 0 Å². The van der Waals surface area contributed by atoms with Gasteiger partial charge in [-0.2, -0.15) is 5.10 Å². The van der Waals surface area contributed by atoms with Crippen molar-refractivity contribution >= 4 is 45.2 Å². The van der Waals surface area contributed by atoms with Gasteiger partial charge < -0.3 is 15.4 Å². The van der Waals surface area contributed by atoms with E-state index in [1.165, 1.54) is 23.6 Å². The molecule has 2 amide bonds. The lowest BCUT2D eigenvalue weighted by molar-refractivity contribution is -0.136. The number of thiazole rings is 1. The zero-order valence-corrected chi connectivity index (χ0v) is 19.2. The number of Topliss-reactive ketones (excluding diaryl/α,β-unsaturated/α-hetero) is 1. The van der Waals surface area contributed by atoms with Gasteiger partial charge in [-0.05, 0) is 44.2 Å². The summed E-state index contributed by atoms with van der Waals surface area (Å²) in [4.78, 5) is 42.9. The number of anilines is 1. The van der Waals surface area contributed by atoms with E-state index in [4.69, 9.17) is 9.72 Å². The van der Waals surface area contributed by atoms with E-state index in [1.807, 2.05) is 31.2 Å². The Morgan fingerprint density at radius 1 is 1.21 bits per heavy atom. The highest BCUT2D eigenvalue weighted by atomic mass is 32.1. The average molecular weight is 470 g/mol. The zero-order valence-electron chi connectivity index (χ0n) is 18.4. The van der Waals surface area contributed by atoms with Gasteiger partial charge in [0.05, 0.1) is 16.4 Å². The molecule has 33 heavy (non-hydrogen) atoms. The number of aromatic nitrogens is 3. The average Bonchev–Trinajstić information content (AvgIpc) is 3.57. The third-order valence-electron chi connectivity index (χ3n) is 5.81. The van der Waals surface area contributed by atoms with Gasteiger partial charge in [-0.15, -0.1) is 11.3 Å². The molecule has 1 aromatic carbocycles. The fourth-order valence-corrected chi connectivity index (χ4v) is 5.22. The van der Waals surface area contributed by atoms with Gasteiger partial charge in [0.1, 0.15) is 16.9 Å². The Balaban J connectivity index is 1.48. The molecule has 3 aromatic rings. The van der Waals surface area contributed by atoms with Crippen LogP contribution in [0.3, 0.4) is 0 Å². The van der Waals surface area contributed by atoms with Crippen LogP contribution in [0.4, 0.5) is 10.6 Å². The minimum absolute atomic E-state index is 0.311. The second-order valence-electron chi connectivity index (χ2n) is 8.21. The Hall–Kier alpha value is -3.27. The summed E-state index contributed by atoms with van der Waals surface area (Å²) >= 11 is 1.52. The van der Waals surface area contributed by atoms with Gasteiger partial charge in [-0.1, -0.05) is 31.9 Å². The van der Waals surface area contributed by atoms with E-state index in [9.17, 15) is 14.4 Å². The quantitative estimate of drug-likeness (QED) is 0.402. The molecule has 0 unspecified atom stereocenters. The lowest BCUT2D eigenvalue weighted by atomic mass is 10.0. The van der Waals surface area contributed by atoms with E-state index in [1.54, 1.807) is 0 Å². The first-order valence-electron chi connectivity index (χ1n) is 11.2. The molecule has 3 N–H and O–H groups in total. The van der Waals surface area contributed by atoms with Crippen molar-refractivity contribution in [1.29, 1.82) is 0 Å². The first-order chi connectivity index (χ1) is 16.0. The molecular weight excluding hydrogens is 442 g/mol. The summed E-state index contributed by atoms with van der Waals surface area (Å²) in [6, 6.07) is 8.38. The highest BCUT2D eigenvalue weighted by Gasteiger charge is 2.43. The van der Waals surface area contributed by atoms with Crippen molar-refractivity contribution in [2.75, 3.05) is 5.32 Å². The largest absolute Gasteiger partial charge is 0.435 e. The molecular formula is C23H27N5O4S. The summed E-state index contributed by atoms with van der Waals surface area (Å²) in [5, 5.41) is 12.2. The maximum absolute atomic E-state index is 13.0. The second-order valence-corrected chi connectivity index (χ2v) is 9.24. The van der Waals surface area contributed by atoms with Crippen molar-refractivity contribution in [2.24, 2.45) is 0 Å². The van der Waals surface area contributed by atoms with Crippen LogP contribution < -0.4 is 10.6 Å². The predicted molar refractivity (Wildman–Crippen MR) is 125 cm³/mol. The Morgan fingerprint density at radius 3 is 2.70 bits per heavy atom. The van der Waals surface area contributed by atoms with E-state index in [2.05, 4.69) is 20.8 Å². The zero-order chi connectivity index (χ0) is 23.3. The predicted octanol–water partition coefficient (Wildman–Crippen LogP) is 4.28. The number of amides is 2. The first kappa shape index (κ1) is 22.9. The summed E-state index contributed by atoms with van der Waals surface area (Å²) in [6.45, 7) is 1.98. The van der Waals surface area contributed by atoms with Crippen LogP contribution in [0.25, 0.3) is 10.2 Å². The number of para-hydroxylation sites is 1. The van der Waals surface area contributed by atoms with Crippen molar-refractivity contribution in [3.8, 4) is 0 Å². The summed E-state index contributed by atoms with van der Waals surface area (Å²) < 4.78 is 6.99. The Labute approximate surface area is 195 Å². The highest BCUT2D eigenvalue weighted by molar-refractivity contribution is 7.18. The number of aromatic amines is 1. The molecule has 0 saturated heterocycles. The first-order valence-corrected chi connectivity index (χ1v) is 12.0. The number of nitrogens with zero attached hydrogens (tertiary/aromatic N) is 2. The Bertz CT molecular complexity index is 1090. The van der Waals surface area contributed by atoms with Crippen LogP contribution >= 0.6 is 11.3 Å². The van der Waals surface area contributed by atoms with Gasteiger partial charge in [0.15, 0.2) is 5.60 Å². The number of fused-ring (bicyclic) bond motifs is 1. The lowest BCUT2D eigenvalue weighted by Gasteiger charge is -2.28. The van der Waals surface area contributed by atoms with Gasteiger partial charge in [-0.3, -0.25) is 14.7 Å². The number of carbonyl (C=O) groups excluding carboxylic acids is 3. The number of alkyl carbamates (subject to hydrolysis) is 1. The minimum atomic E-state index is -0.978. The second kappa shape index (κ2) is 10.1. The van der Waals surface area contributed by atoms with E-state index < -0.39 is 29.4 Å². The van der Waals surface area contributed by atoms with Crippen molar-refractivity contribution < 1.29 is 19.1 Å². The molecule has 0 radical (unpaired) electrons. The molecule has 1 aliphatic rings. The normalized spacial score (nSPS) is 15.8. The number of ether oxygens (including phenoxy) is 1. The molecule has 174 valence electrons. The topological polar surface area (TPSA) is 126 Å². The molecule has 0 aliphatic heterocycles. The summed E-state index contributed by atoms with van der Waals surface area (Å²) in [5.41, 5.74) is 0.0591. The van der Waals surface area contributed by atoms with Gasteiger partial charge in [0, 0.05) is 6.07 Å². The van der Waals surface area contributed by atoms with Crippen molar-refractivity contribution in [1.82, 2.24) is 20.5 Å². The number of H-pyrrole nitrogens is 1. The number of benzene rings is 1. The minimum Gasteiger partial charge on any atom is -0.435 e. The Morgan fingerprint density at radius 2 is 2.00 bits per heavy atom. The molecule has 4 rings (SSSR count). The molecule has 1 fully saturated rings. The van der Waals surface area contributed by atoms with Gasteiger partial charge in [0.25, 0.3) is 5.91 Å². The van der Waals surface area contributed by atoms with E-state index in [0.717, 1.165) is 34.5 Å². The fourth-order valence-electron chi connectivity index (χ4n) is 4.07. The van der Waals surface area contributed by atoms with E-state index in [0.29, 0.717) is 31.5 Å². The number of unbranched alkanes of at least 4 members (excludes halogenated alkanes) is 1. The van der Waals surface area contributed by atoms with E-state index in [-0.39, 0.29) is 0 Å². The van der Waals surface area contributed by atoms with Crippen LogP contribution in [-0.2, 0) is 19.9 Å². The van der Waals surface area contributed by atoms with Crippen LogP contribution in [-0.4, -0.2) is 39.0 Å². The molecule has 2 heterocycles. The van der Waals surface area contributed by atoms with Crippen molar-refractivity contribution in [2.45, 2.75) is 63.5 Å². The van der Waals surface area contributed by atoms with Gasteiger partial charge in [0.2, 0.25) is 5.78 Å². The lowest BCUT2D eigenvalue weighted by Crippen LogP contribution is -2.47. The monoisotopic (exact) mass is 469 g/mol. The van der Waals surface area contributed by atoms with Crippen LogP contribution in [0.5, 0.6) is 0 Å². The number of hydrogen-bond donors (Lipinski definition) is 3. The fraction of sp³-hybridized carbons (Fsp3) is 0.435. The summed E-state index contributed by atoms with van der Waals surface area (Å²) in [5.74, 6) is -1.23. The van der Waals surface area contributed by atoms with Crippen LogP contribution in [0.2, 0.25) is 0 Å². The number of hydrogen-bond acceptors (Lipinski definition) is 7. The number of rotatable bonds is 9. The highest BCUT2D eigenvalue weighted by Crippen LogP contribution is 2.44. The molecule has 1 saturated carbocycles.